The van der Waals surface area contributed by atoms with Gasteiger partial charge >= 0.3 is 0 Å². The van der Waals surface area contributed by atoms with E-state index in [-0.39, 0.29) is 11.8 Å². The lowest BCUT2D eigenvalue weighted by atomic mass is 10.1. The normalized spacial score (nSPS) is 10.3. The number of aromatic nitrogens is 2. The van der Waals surface area contributed by atoms with E-state index in [2.05, 4.69) is 20.6 Å². The van der Waals surface area contributed by atoms with Crippen LogP contribution in [0.1, 0.15) is 26.4 Å². The zero-order chi connectivity index (χ0) is 19.1. The second kappa shape index (κ2) is 8.71. The number of rotatable bonds is 6. The highest BCUT2D eigenvalue weighted by Crippen LogP contribution is 2.16. The highest BCUT2D eigenvalue weighted by atomic mass is 16.2. The molecule has 27 heavy (non-hydrogen) atoms. The van der Waals surface area contributed by atoms with Crippen LogP contribution in [0.25, 0.3) is 11.4 Å². The van der Waals surface area contributed by atoms with E-state index in [9.17, 15) is 9.59 Å². The number of hydrogen-bond donors (Lipinski definition) is 2. The van der Waals surface area contributed by atoms with Gasteiger partial charge in [-0.15, -0.1) is 0 Å². The van der Waals surface area contributed by atoms with Crippen molar-refractivity contribution in [1.29, 1.82) is 0 Å². The lowest BCUT2D eigenvalue weighted by Crippen LogP contribution is -2.27. The number of nitrogens with zero attached hydrogens (tertiary/aromatic N) is 2. The summed E-state index contributed by atoms with van der Waals surface area (Å²) in [7, 11) is 1.56. The molecule has 0 fully saturated rings. The summed E-state index contributed by atoms with van der Waals surface area (Å²) >= 11 is 0. The van der Waals surface area contributed by atoms with E-state index < -0.39 is 0 Å². The molecule has 0 atom stereocenters. The largest absolute Gasteiger partial charge is 0.355 e. The van der Waals surface area contributed by atoms with Crippen LogP contribution < -0.4 is 10.6 Å². The monoisotopic (exact) mass is 360 g/mol. The maximum Gasteiger partial charge on any atom is 0.254 e. The van der Waals surface area contributed by atoms with Crippen LogP contribution in [-0.4, -0.2) is 35.4 Å². The Morgan fingerprint density at radius 3 is 2.26 bits per heavy atom. The maximum atomic E-state index is 12.2. The molecule has 2 N–H and O–H groups in total. The highest BCUT2D eigenvalue weighted by molar-refractivity contribution is 5.95. The molecule has 1 aromatic heterocycles. The van der Waals surface area contributed by atoms with Gasteiger partial charge in [-0.25, -0.2) is 9.97 Å². The van der Waals surface area contributed by atoms with Crippen LogP contribution in [0.3, 0.4) is 0 Å². The number of amides is 2. The summed E-state index contributed by atoms with van der Waals surface area (Å²) in [6.45, 7) is 0.364. The smallest absolute Gasteiger partial charge is 0.254 e. The molecule has 0 radical (unpaired) electrons. The molecule has 0 unspecified atom stereocenters. The van der Waals surface area contributed by atoms with Crippen LogP contribution in [0.2, 0.25) is 0 Å². The molecule has 2 aromatic carbocycles. The van der Waals surface area contributed by atoms with Gasteiger partial charge in [-0.2, -0.15) is 0 Å². The Morgan fingerprint density at radius 1 is 0.926 bits per heavy atom. The molecule has 136 valence electrons. The fourth-order valence-electron chi connectivity index (χ4n) is 2.64. The molecule has 0 bridgehead atoms. The Bertz CT molecular complexity index is 927. The first-order valence-corrected chi connectivity index (χ1v) is 8.65. The summed E-state index contributed by atoms with van der Waals surface area (Å²) < 4.78 is 0. The van der Waals surface area contributed by atoms with Gasteiger partial charge in [-0.3, -0.25) is 9.59 Å². The standard InChI is InChI=1S/C21H20N4O2/c1-22-21(27)17-14-24-19(15-8-4-2-5-9-15)25-18(17)12-13-23-20(26)16-10-6-3-7-11-16/h2-11,14H,12-13H2,1H3,(H,22,27)(H,23,26). The summed E-state index contributed by atoms with van der Waals surface area (Å²) in [4.78, 5) is 33.2. The quantitative estimate of drug-likeness (QED) is 0.707. The van der Waals surface area contributed by atoms with Crippen molar-refractivity contribution in [2.24, 2.45) is 0 Å². The molecule has 0 aliphatic rings. The summed E-state index contributed by atoms with van der Waals surface area (Å²) in [5, 5.41) is 5.46. The fourth-order valence-corrected chi connectivity index (χ4v) is 2.64. The van der Waals surface area contributed by atoms with Gasteiger partial charge in [0, 0.05) is 37.3 Å². The van der Waals surface area contributed by atoms with E-state index in [1.165, 1.54) is 6.20 Å². The number of carbonyl (C=O) groups excluding carboxylic acids is 2. The van der Waals surface area contributed by atoms with Crippen molar-refractivity contribution in [2.45, 2.75) is 6.42 Å². The molecule has 3 rings (SSSR count). The van der Waals surface area contributed by atoms with Gasteiger partial charge in [0.2, 0.25) is 0 Å². The van der Waals surface area contributed by atoms with Crippen molar-refractivity contribution >= 4 is 11.8 Å². The van der Waals surface area contributed by atoms with E-state index in [1.54, 1.807) is 19.2 Å². The van der Waals surface area contributed by atoms with Crippen LogP contribution >= 0.6 is 0 Å². The summed E-state index contributed by atoms with van der Waals surface area (Å²) in [6.07, 6.45) is 1.95. The van der Waals surface area contributed by atoms with Crippen molar-refractivity contribution < 1.29 is 9.59 Å². The zero-order valence-corrected chi connectivity index (χ0v) is 15.0. The third-order valence-electron chi connectivity index (χ3n) is 4.05. The average molecular weight is 360 g/mol. The van der Waals surface area contributed by atoms with Crippen molar-refractivity contribution in [3.8, 4) is 11.4 Å². The van der Waals surface area contributed by atoms with Gasteiger partial charge in [-0.05, 0) is 12.1 Å². The molecular formula is C21H20N4O2. The SMILES string of the molecule is CNC(=O)c1cnc(-c2ccccc2)nc1CCNC(=O)c1ccccc1. The molecule has 6 nitrogen and oxygen atoms in total. The molecular weight excluding hydrogens is 340 g/mol. The van der Waals surface area contributed by atoms with Gasteiger partial charge in [-0.1, -0.05) is 48.5 Å². The number of hydrogen-bond acceptors (Lipinski definition) is 4. The number of nitrogens with one attached hydrogen (secondary N) is 2. The molecule has 2 amide bonds. The van der Waals surface area contributed by atoms with Gasteiger partial charge in [0.15, 0.2) is 5.82 Å². The van der Waals surface area contributed by atoms with Crippen LogP contribution in [0.5, 0.6) is 0 Å². The summed E-state index contributed by atoms with van der Waals surface area (Å²) in [6, 6.07) is 18.6. The van der Waals surface area contributed by atoms with Crippen LogP contribution in [0, 0.1) is 0 Å². The predicted molar refractivity (Wildman–Crippen MR) is 103 cm³/mol. The van der Waals surface area contributed by atoms with E-state index >= 15 is 0 Å². The van der Waals surface area contributed by atoms with E-state index in [4.69, 9.17) is 0 Å². The third-order valence-corrected chi connectivity index (χ3v) is 4.05. The van der Waals surface area contributed by atoms with E-state index in [0.717, 1.165) is 5.56 Å². The van der Waals surface area contributed by atoms with Crippen LogP contribution in [-0.2, 0) is 6.42 Å². The Hall–Kier alpha value is -3.54. The second-order valence-corrected chi connectivity index (χ2v) is 5.87. The average Bonchev–Trinajstić information content (AvgIpc) is 2.74. The molecule has 1 heterocycles. The highest BCUT2D eigenvalue weighted by Gasteiger charge is 2.15. The first-order chi connectivity index (χ1) is 13.2. The van der Waals surface area contributed by atoms with Crippen LogP contribution in [0.15, 0.2) is 66.9 Å². The minimum atomic E-state index is -0.251. The second-order valence-electron chi connectivity index (χ2n) is 5.87. The van der Waals surface area contributed by atoms with Crippen molar-refractivity contribution in [2.75, 3.05) is 13.6 Å². The molecule has 6 heteroatoms. The lowest BCUT2D eigenvalue weighted by molar-refractivity contribution is 0.0952. The minimum absolute atomic E-state index is 0.158. The lowest BCUT2D eigenvalue weighted by Gasteiger charge is -2.10. The molecule has 0 saturated heterocycles. The third kappa shape index (κ3) is 4.55. The Kier molecular flexibility index (Phi) is 5.89. The van der Waals surface area contributed by atoms with Crippen LogP contribution in [0.4, 0.5) is 0 Å². The zero-order valence-electron chi connectivity index (χ0n) is 15.0. The predicted octanol–water partition coefficient (Wildman–Crippen LogP) is 2.48. The van der Waals surface area contributed by atoms with E-state index in [0.29, 0.717) is 35.6 Å². The Morgan fingerprint density at radius 2 is 1.59 bits per heavy atom. The summed E-state index contributed by atoms with van der Waals surface area (Å²) in [5.74, 6) is 0.140. The minimum Gasteiger partial charge on any atom is -0.355 e. The van der Waals surface area contributed by atoms with E-state index in [1.807, 2.05) is 48.5 Å². The molecule has 0 aliphatic carbocycles. The number of benzene rings is 2. The topological polar surface area (TPSA) is 84.0 Å². The fraction of sp³-hybridized carbons (Fsp3) is 0.143. The molecule has 0 saturated carbocycles. The first-order valence-electron chi connectivity index (χ1n) is 8.65. The maximum absolute atomic E-state index is 12.2. The summed E-state index contributed by atoms with van der Waals surface area (Å²) in [5.41, 5.74) is 2.47. The van der Waals surface area contributed by atoms with Gasteiger partial charge in [0.25, 0.3) is 11.8 Å². The molecule has 0 spiro atoms. The first kappa shape index (κ1) is 18.3. The Labute approximate surface area is 157 Å². The Balaban J connectivity index is 1.77. The number of carbonyl (C=O) groups is 2. The van der Waals surface area contributed by atoms with Gasteiger partial charge < -0.3 is 10.6 Å². The van der Waals surface area contributed by atoms with Gasteiger partial charge in [0.1, 0.15) is 0 Å². The van der Waals surface area contributed by atoms with Crippen molar-refractivity contribution in [3.63, 3.8) is 0 Å². The van der Waals surface area contributed by atoms with Gasteiger partial charge in [0.05, 0.1) is 11.3 Å². The molecule has 0 aliphatic heterocycles. The molecule has 3 aromatic rings. The van der Waals surface area contributed by atoms with Crippen molar-refractivity contribution in [3.05, 3.63) is 83.7 Å². The van der Waals surface area contributed by atoms with Crippen molar-refractivity contribution in [1.82, 2.24) is 20.6 Å².